The summed E-state index contributed by atoms with van der Waals surface area (Å²) >= 11 is 17.6. The summed E-state index contributed by atoms with van der Waals surface area (Å²) in [7, 11) is 0. The van der Waals surface area contributed by atoms with E-state index in [0.717, 1.165) is 0 Å². The van der Waals surface area contributed by atoms with Crippen molar-refractivity contribution < 1.29 is 4.42 Å². The predicted octanol–water partition coefficient (Wildman–Crippen LogP) is 4.39. The van der Waals surface area contributed by atoms with Gasteiger partial charge in [-0.25, -0.2) is 4.98 Å². The number of halogens is 3. The summed E-state index contributed by atoms with van der Waals surface area (Å²) in [5.41, 5.74) is 0.643. The second-order valence-corrected chi connectivity index (χ2v) is 3.93. The van der Waals surface area contributed by atoms with E-state index in [2.05, 4.69) is 4.98 Å². The van der Waals surface area contributed by atoms with Crippen LogP contribution < -0.4 is 0 Å². The van der Waals surface area contributed by atoms with Crippen molar-refractivity contribution in [2.75, 3.05) is 0 Å². The first-order chi connectivity index (χ1) is 7.22. The van der Waals surface area contributed by atoms with Crippen molar-refractivity contribution in [3.05, 3.63) is 40.3 Å². The Morgan fingerprint density at radius 3 is 2.40 bits per heavy atom. The third-order valence-corrected chi connectivity index (χ3v) is 2.74. The van der Waals surface area contributed by atoms with Crippen LogP contribution >= 0.6 is 34.8 Å². The number of alkyl halides is 1. The molecule has 2 aromatic rings. The Morgan fingerprint density at radius 1 is 1.20 bits per heavy atom. The molecule has 0 aliphatic rings. The van der Waals surface area contributed by atoms with Crippen molar-refractivity contribution in [3.63, 3.8) is 0 Å². The zero-order valence-corrected chi connectivity index (χ0v) is 9.77. The van der Waals surface area contributed by atoms with Crippen LogP contribution in [-0.4, -0.2) is 4.98 Å². The summed E-state index contributed by atoms with van der Waals surface area (Å²) in [4.78, 5) is 3.98. The topological polar surface area (TPSA) is 26.0 Å². The largest absolute Gasteiger partial charge is 0.439 e. The quantitative estimate of drug-likeness (QED) is 0.750. The van der Waals surface area contributed by atoms with E-state index in [-0.39, 0.29) is 5.88 Å². The highest BCUT2D eigenvalue weighted by Crippen LogP contribution is 2.34. The van der Waals surface area contributed by atoms with Crippen molar-refractivity contribution in [2.24, 2.45) is 0 Å². The molecule has 1 aromatic carbocycles. The molecule has 2 nitrogen and oxygen atoms in total. The molecule has 0 aliphatic carbocycles. The van der Waals surface area contributed by atoms with E-state index in [4.69, 9.17) is 39.2 Å². The Bertz CT molecular complexity index is 461. The van der Waals surface area contributed by atoms with Gasteiger partial charge in [-0.05, 0) is 12.1 Å². The van der Waals surface area contributed by atoms with Crippen molar-refractivity contribution in [1.82, 2.24) is 4.98 Å². The molecule has 0 saturated carbocycles. The molecular weight excluding hydrogens is 256 g/mol. The fraction of sp³-hybridized carbons (Fsp3) is 0.100. The minimum atomic E-state index is 0.224. The van der Waals surface area contributed by atoms with Crippen LogP contribution in [0, 0.1) is 0 Å². The van der Waals surface area contributed by atoms with Crippen molar-refractivity contribution in [3.8, 4) is 11.3 Å². The maximum Gasteiger partial charge on any atom is 0.209 e. The van der Waals surface area contributed by atoms with Crippen molar-refractivity contribution >= 4 is 34.8 Å². The third kappa shape index (κ3) is 2.12. The first-order valence-corrected chi connectivity index (χ1v) is 5.46. The van der Waals surface area contributed by atoms with Crippen LogP contribution in [0.2, 0.25) is 10.0 Å². The Kier molecular flexibility index (Phi) is 3.19. The Hall–Kier alpha value is -0.700. The van der Waals surface area contributed by atoms with E-state index in [0.29, 0.717) is 27.3 Å². The maximum absolute atomic E-state index is 6.01. The summed E-state index contributed by atoms with van der Waals surface area (Å²) in [5.74, 6) is 1.20. The first-order valence-electron chi connectivity index (χ1n) is 4.17. The molecule has 0 fully saturated rings. The lowest BCUT2D eigenvalue weighted by atomic mass is 10.2. The fourth-order valence-electron chi connectivity index (χ4n) is 1.22. The molecule has 0 N–H and O–H groups in total. The van der Waals surface area contributed by atoms with E-state index in [9.17, 15) is 0 Å². The maximum atomic E-state index is 6.01. The van der Waals surface area contributed by atoms with Crippen molar-refractivity contribution in [1.29, 1.82) is 0 Å². The van der Waals surface area contributed by atoms with E-state index in [1.165, 1.54) is 0 Å². The molecule has 0 aliphatic heterocycles. The predicted molar refractivity (Wildman–Crippen MR) is 61.5 cm³/mol. The SMILES string of the molecule is ClCc1ncc(-c2c(Cl)cccc2Cl)o1. The van der Waals surface area contributed by atoms with E-state index < -0.39 is 0 Å². The minimum absolute atomic E-state index is 0.224. The fourth-order valence-corrected chi connectivity index (χ4v) is 1.93. The van der Waals surface area contributed by atoms with Gasteiger partial charge in [-0.3, -0.25) is 0 Å². The molecule has 0 bridgehead atoms. The Balaban J connectivity index is 2.53. The van der Waals surface area contributed by atoms with Gasteiger partial charge in [-0.15, -0.1) is 11.6 Å². The molecule has 0 amide bonds. The highest BCUT2D eigenvalue weighted by Gasteiger charge is 2.12. The number of rotatable bonds is 2. The first kappa shape index (κ1) is 10.8. The number of benzene rings is 1. The number of oxazole rings is 1. The average Bonchev–Trinajstić information content (AvgIpc) is 2.66. The molecule has 1 heterocycles. The van der Waals surface area contributed by atoms with E-state index in [1.807, 2.05) is 0 Å². The van der Waals surface area contributed by atoms with Gasteiger partial charge < -0.3 is 4.42 Å². The molecule has 0 atom stereocenters. The van der Waals surface area contributed by atoms with Crippen LogP contribution in [0.5, 0.6) is 0 Å². The standard InChI is InChI=1S/C10H6Cl3NO/c11-4-9-14-5-8(15-9)10-6(12)2-1-3-7(10)13/h1-3,5H,4H2. The summed E-state index contributed by atoms with van der Waals surface area (Å²) in [5, 5.41) is 1.06. The van der Waals surface area contributed by atoms with Crippen LogP contribution in [0.25, 0.3) is 11.3 Å². The highest BCUT2D eigenvalue weighted by atomic mass is 35.5. The van der Waals surface area contributed by atoms with Gasteiger partial charge in [-0.2, -0.15) is 0 Å². The normalized spacial score (nSPS) is 10.6. The van der Waals surface area contributed by atoms with Gasteiger partial charge in [-0.1, -0.05) is 29.3 Å². The second kappa shape index (κ2) is 4.44. The summed E-state index contributed by atoms with van der Waals surface area (Å²) in [6.07, 6.45) is 1.56. The van der Waals surface area contributed by atoms with Crippen LogP contribution in [0.3, 0.4) is 0 Å². The Labute approximate surface area is 102 Å². The molecule has 0 saturated heterocycles. The molecule has 15 heavy (non-hydrogen) atoms. The Morgan fingerprint density at radius 2 is 1.87 bits per heavy atom. The third-order valence-electron chi connectivity index (χ3n) is 1.88. The molecular formula is C10H6Cl3NO. The van der Waals surface area contributed by atoms with Gasteiger partial charge in [0.1, 0.15) is 0 Å². The lowest BCUT2D eigenvalue weighted by Crippen LogP contribution is -1.78. The summed E-state index contributed by atoms with van der Waals surface area (Å²) < 4.78 is 5.37. The van der Waals surface area contributed by atoms with Crippen LogP contribution in [0.4, 0.5) is 0 Å². The van der Waals surface area contributed by atoms with Gasteiger partial charge in [0.15, 0.2) is 5.76 Å². The smallest absolute Gasteiger partial charge is 0.209 e. The number of aromatic nitrogens is 1. The minimum Gasteiger partial charge on any atom is -0.439 e. The highest BCUT2D eigenvalue weighted by molar-refractivity contribution is 6.39. The molecule has 5 heteroatoms. The van der Waals surface area contributed by atoms with Crippen LogP contribution in [-0.2, 0) is 5.88 Å². The van der Waals surface area contributed by atoms with Gasteiger partial charge in [0.05, 0.1) is 27.7 Å². The lowest BCUT2D eigenvalue weighted by molar-refractivity contribution is 0.529. The van der Waals surface area contributed by atoms with E-state index >= 15 is 0 Å². The van der Waals surface area contributed by atoms with Gasteiger partial charge >= 0.3 is 0 Å². The molecule has 2 rings (SSSR count). The molecule has 0 radical (unpaired) electrons. The van der Waals surface area contributed by atoms with Crippen LogP contribution in [0.15, 0.2) is 28.8 Å². The monoisotopic (exact) mass is 261 g/mol. The van der Waals surface area contributed by atoms with E-state index in [1.54, 1.807) is 24.4 Å². The summed E-state index contributed by atoms with van der Waals surface area (Å²) in [6, 6.07) is 5.25. The molecule has 1 aromatic heterocycles. The average molecular weight is 263 g/mol. The second-order valence-electron chi connectivity index (χ2n) is 2.85. The zero-order chi connectivity index (χ0) is 10.8. The van der Waals surface area contributed by atoms with Gasteiger partial charge in [0.2, 0.25) is 5.89 Å². The van der Waals surface area contributed by atoms with Crippen LogP contribution in [0.1, 0.15) is 5.89 Å². The summed E-state index contributed by atoms with van der Waals surface area (Å²) in [6.45, 7) is 0. The van der Waals surface area contributed by atoms with Gasteiger partial charge in [0, 0.05) is 0 Å². The number of hydrogen-bond donors (Lipinski definition) is 0. The number of hydrogen-bond acceptors (Lipinski definition) is 2. The van der Waals surface area contributed by atoms with Crippen molar-refractivity contribution in [2.45, 2.75) is 5.88 Å². The zero-order valence-electron chi connectivity index (χ0n) is 7.51. The lowest BCUT2D eigenvalue weighted by Gasteiger charge is -2.01. The molecule has 0 spiro atoms. The molecule has 78 valence electrons. The van der Waals surface area contributed by atoms with Gasteiger partial charge in [0.25, 0.3) is 0 Å². The number of nitrogens with zero attached hydrogens (tertiary/aromatic N) is 1. The molecule has 0 unspecified atom stereocenters.